The van der Waals surface area contributed by atoms with Crippen molar-refractivity contribution in [3.63, 3.8) is 0 Å². The van der Waals surface area contributed by atoms with Crippen LogP contribution < -0.4 is 4.90 Å². The average Bonchev–Trinajstić information content (AvgIpc) is 3.00. The van der Waals surface area contributed by atoms with Crippen LogP contribution >= 0.6 is 0 Å². The van der Waals surface area contributed by atoms with Gasteiger partial charge in [0.1, 0.15) is 12.7 Å². The Bertz CT molecular complexity index is 882. The molecule has 1 aliphatic heterocycles. The van der Waals surface area contributed by atoms with Gasteiger partial charge < -0.3 is 5.21 Å². The molecule has 0 aliphatic carbocycles. The topological polar surface area (TPSA) is 101 Å². The van der Waals surface area contributed by atoms with E-state index >= 15 is 0 Å². The number of imidazole rings is 1. The van der Waals surface area contributed by atoms with Crippen LogP contribution in [0.2, 0.25) is 0 Å². The summed E-state index contributed by atoms with van der Waals surface area (Å²) in [6.07, 6.45) is 2.29. The lowest BCUT2D eigenvalue weighted by Gasteiger charge is -2.12. The molecule has 3 aromatic rings. The van der Waals surface area contributed by atoms with E-state index in [9.17, 15) is 14.8 Å². The van der Waals surface area contributed by atoms with Crippen molar-refractivity contribution in [2.24, 2.45) is 0 Å². The van der Waals surface area contributed by atoms with Gasteiger partial charge >= 0.3 is 0 Å². The van der Waals surface area contributed by atoms with Crippen molar-refractivity contribution >= 4 is 28.8 Å². The molecule has 3 heterocycles. The fourth-order valence-electron chi connectivity index (χ4n) is 2.36. The van der Waals surface area contributed by atoms with Crippen LogP contribution in [0.25, 0.3) is 11.2 Å². The quantitative estimate of drug-likeness (QED) is 0.524. The van der Waals surface area contributed by atoms with Gasteiger partial charge in [0.25, 0.3) is 11.8 Å². The maximum absolute atomic E-state index is 12.4. The molecule has 8 nitrogen and oxygen atoms in total. The third kappa shape index (κ3) is 1.41. The Morgan fingerprint density at radius 1 is 0.952 bits per heavy atom. The third-order valence-electron chi connectivity index (χ3n) is 3.30. The third-order valence-corrected chi connectivity index (χ3v) is 3.30. The minimum Gasteiger partial charge on any atom is -0.425 e. The van der Waals surface area contributed by atoms with Crippen molar-refractivity contribution in [3.05, 3.63) is 48.0 Å². The number of carbonyl (C=O) groups is 2. The van der Waals surface area contributed by atoms with Gasteiger partial charge in [-0.05, 0) is 12.1 Å². The summed E-state index contributed by atoms with van der Waals surface area (Å²) in [5, 5.41) is 9.56. The number of amides is 2. The molecule has 102 valence electrons. The molecule has 2 amide bonds. The van der Waals surface area contributed by atoms with E-state index in [-0.39, 0.29) is 17.0 Å². The normalized spacial score (nSPS) is 14.0. The lowest BCUT2D eigenvalue weighted by atomic mass is 10.1. The molecule has 8 heteroatoms. The van der Waals surface area contributed by atoms with Crippen LogP contribution in [0, 0.1) is 0 Å². The van der Waals surface area contributed by atoms with Gasteiger partial charge in [-0.15, -0.1) is 0 Å². The predicted molar refractivity (Wildman–Crippen MR) is 70.1 cm³/mol. The van der Waals surface area contributed by atoms with Gasteiger partial charge in [-0.3, -0.25) is 9.59 Å². The summed E-state index contributed by atoms with van der Waals surface area (Å²) in [5.41, 5.74) is 0.932. The highest BCUT2D eigenvalue weighted by Gasteiger charge is 2.38. The smallest absolute Gasteiger partial charge is 0.267 e. The molecule has 0 bridgehead atoms. The van der Waals surface area contributed by atoms with E-state index in [0.29, 0.717) is 15.9 Å². The second-order valence-corrected chi connectivity index (χ2v) is 4.45. The van der Waals surface area contributed by atoms with Gasteiger partial charge in [-0.1, -0.05) is 12.1 Å². The molecule has 4 rings (SSSR count). The van der Waals surface area contributed by atoms with Crippen LogP contribution in [0.5, 0.6) is 0 Å². The zero-order valence-electron chi connectivity index (χ0n) is 10.5. The van der Waals surface area contributed by atoms with Gasteiger partial charge in [0, 0.05) is 0 Å². The fourth-order valence-corrected chi connectivity index (χ4v) is 2.36. The number of imide groups is 1. The minimum atomic E-state index is -0.469. The average molecular weight is 281 g/mol. The van der Waals surface area contributed by atoms with Crippen LogP contribution in [-0.4, -0.2) is 36.7 Å². The van der Waals surface area contributed by atoms with Crippen molar-refractivity contribution in [3.8, 4) is 0 Å². The Kier molecular flexibility index (Phi) is 2.12. The van der Waals surface area contributed by atoms with E-state index in [1.165, 1.54) is 0 Å². The number of fused-ring (bicyclic) bond motifs is 2. The molecule has 0 spiro atoms. The number of anilines is 1. The molecule has 0 radical (unpaired) electrons. The van der Waals surface area contributed by atoms with E-state index in [1.807, 2.05) is 0 Å². The summed E-state index contributed by atoms with van der Waals surface area (Å²) in [7, 11) is 0. The maximum Gasteiger partial charge on any atom is 0.267 e. The second kappa shape index (κ2) is 3.85. The first-order chi connectivity index (χ1) is 10.2. The summed E-state index contributed by atoms with van der Waals surface area (Å²) in [6, 6.07) is 6.54. The summed E-state index contributed by atoms with van der Waals surface area (Å²) < 4.78 is 0.707. The molecule has 1 N–H and O–H groups in total. The molecule has 1 aromatic carbocycles. The van der Waals surface area contributed by atoms with Crippen LogP contribution in [0.15, 0.2) is 36.9 Å². The predicted octanol–water partition coefficient (Wildman–Crippen LogP) is 0.864. The highest BCUT2D eigenvalue weighted by atomic mass is 16.5. The van der Waals surface area contributed by atoms with Gasteiger partial charge in [-0.2, -0.15) is 4.73 Å². The lowest BCUT2D eigenvalue weighted by Crippen LogP contribution is -2.30. The first-order valence-electron chi connectivity index (χ1n) is 6.03. The molecule has 0 fully saturated rings. The Hall–Kier alpha value is -3.29. The Labute approximate surface area is 117 Å². The zero-order valence-corrected chi connectivity index (χ0v) is 10.5. The summed E-state index contributed by atoms with van der Waals surface area (Å²) in [5.74, 6) is -0.884. The number of nitrogens with zero attached hydrogens (tertiary/aromatic N) is 5. The van der Waals surface area contributed by atoms with E-state index in [0.717, 1.165) is 17.6 Å². The monoisotopic (exact) mass is 281 g/mol. The lowest BCUT2D eigenvalue weighted by molar-refractivity contribution is 0.0925. The first-order valence-corrected chi connectivity index (χ1v) is 6.03. The zero-order chi connectivity index (χ0) is 14.6. The highest BCUT2D eigenvalue weighted by molar-refractivity contribution is 6.35. The summed E-state index contributed by atoms with van der Waals surface area (Å²) >= 11 is 0. The number of benzene rings is 1. The SMILES string of the molecule is O=C1c2ccccc2C(=O)N1c1ncnc2c1ncn2O. The first kappa shape index (κ1) is 11.5. The van der Waals surface area contributed by atoms with Gasteiger partial charge in [0.05, 0.1) is 11.1 Å². The van der Waals surface area contributed by atoms with Crippen molar-refractivity contribution < 1.29 is 14.8 Å². The summed E-state index contributed by atoms with van der Waals surface area (Å²) in [4.78, 5) is 37.5. The van der Waals surface area contributed by atoms with Crippen molar-refractivity contribution in [2.45, 2.75) is 0 Å². The van der Waals surface area contributed by atoms with Gasteiger partial charge in [0.15, 0.2) is 11.3 Å². The van der Waals surface area contributed by atoms with Crippen molar-refractivity contribution in [2.75, 3.05) is 4.90 Å². The largest absolute Gasteiger partial charge is 0.425 e. The molecule has 2 aromatic heterocycles. The number of carbonyl (C=O) groups excluding carboxylic acids is 2. The molecular weight excluding hydrogens is 274 g/mol. The number of aromatic nitrogens is 4. The molecule has 21 heavy (non-hydrogen) atoms. The standard InChI is InChI=1S/C13H7N5O3/c19-12-7-3-1-2-4-8(7)13(20)18(12)11-9-10(14-5-15-11)17(21)6-16-9/h1-6,21H. The highest BCUT2D eigenvalue weighted by Crippen LogP contribution is 2.30. The minimum absolute atomic E-state index is 0.0546. The van der Waals surface area contributed by atoms with Crippen molar-refractivity contribution in [1.29, 1.82) is 0 Å². The maximum atomic E-state index is 12.4. The molecule has 0 unspecified atom stereocenters. The van der Waals surface area contributed by atoms with E-state index in [1.54, 1.807) is 24.3 Å². The number of rotatable bonds is 1. The van der Waals surface area contributed by atoms with Crippen molar-refractivity contribution in [1.82, 2.24) is 19.7 Å². The summed E-state index contributed by atoms with van der Waals surface area (Å²) in [6.45, 7) is 0. The van der Waals surface area contributed by atoms with Crippen LogP contribution in [0.4, 0.5) is 5.82 Å². The van der Waals surface area contributed by atoms with E-state index < -0.39 is 11.8 Å². The van der Waals surface area contributed by atoms with Crippen LogP contribution in [0.1, 0.15) is 20.7 Å². The molecular formula is C13H7N5O3. The van der Waals surface area contributed by atoms with E-state index in [4.69, 9.17) is 0 Å². The molecule has 1 aliphatic rings. The Morgan fingerprint density at radius 3 is 2.29 bits per heavy atom. The fraction of sp³-hybridized carbons (Fsp3) is 0. The molecule has 0 saturated carbocycles. The van der Waals surface area contributed by atoms with Gasteiger partial charge in [0.2, 0.25) is 5.65 Å². The van der Waals surface area contributed by atoms with E-state index in [2.05, 4.69) is 15.0 Å². The second-order valence-electron chi connectivity index (χ2n) is 4.45. The Morgan fingerprint density at radius 2 is 1.62 bits per heavy atom. The van der Waals surface area contributed by atoms with Gasteiger partial charge in [-0.25, -0.2) is 19.9 Å². The Balaban J connectivity index is 1.95. The van der Waals surface area contributed by atoms with Crippen LogP contribution in [-0.2, 0) is 0 Å². The van der Waals surface area contributed by atoms with Crippen LogP contribution in [0.3, 0.4) is 0 Å². The number of hydrogen-bond acceptors (Lipinski definition) is 6. The molecule has 0 saturated heterocycles. The number of hydrogen-bond donors (Lipinski definition) is 1. The molecule has 0 atom stereocenters.